The molecule has 1 heterocycles. The molecule has 0 aliphatic carbocycles. The SMILES string of the molecule is CP(C)c1cccc2cc[nH]c12. The Morgan fingerprint density at radius 2 is 2.00 bits per heavy atom. The van der Waals surface area contributed by atoms with E-state index in [0.717, 1.165) is 0 Å². The molecule has 0 aliphatic heterocycles. The zero-order valence-electron chi connectivity index (χ0n) is 7.33. The van der Waals surface area contributed by atoms with Crippen LogP contribution in [0.2, 0.25) is 0 Å². The molecule has 0 fully saturated rings. The minimum Gasteiger partial charge on any atom is -0.361 e. The average molecular weight is 177 g/mol. The lowest BCUT2D eigenvalue weighted by atomic mass is 10.2. The Labute approximate surface area is 73.6 Å². The first-order chi connectivity index (χ1) is 5.79. The molecule has 0 saturated carbocycles. The van der Waals surface area contributed by atoms with Crippen molar-refractivity contribution in [1.29, 1.82) is 0 Å². The van der Waals surface area contributed by atoms with Gasteiger partial charge in [-0.3, -0.25) is 0 Å². The second kappa shape index (κ2) is 2.91. The molecule has 2 heteroatoms. The normalized spacial score (nSPS) is 11.2. The van der Waals surface area contributed by atoms with Gasteiger partial charge < -0.3 is 4.98 Å². The Hall–Kier alpha value is -0.810. The van der Waals surface area contributed by atoms with Gasteiger partial charge in [0.05, 0.1) is 5.52 Å². The van der Waals surface area contributed by atoms with Crippen LogP contribution in [0.25, 0.3) is 10.9 Å². The Bertz CT molecular complexity index is 389. The second-order valence-corrected chi connectivity index (χ2v) is 5.38. The van der Waals surface area contributed by atoms with Gasteiger partial charge in [-0.1, -0.05) is 26.1 Å². The van der Waals surface area contributed by atoms with Crippen molar-refractivity contribution in [3.05, 3.63) is 30.5 Å². The summed E-state index contributed by atoms with van der Waals surface area (Å²) in [6, 6.07) is 8.62. The van der Waals surface area contributed by atoms with E-state index >= 15 is 0 Å². The first-order valence-electron chi connectivity index (χ1n) is 4.02. The minimum atomic E-state index is -0.000900. The Balaban J connectivity index is 2.73. The molecule has 2 aromatic rings. The van der Waals surface area contributed by atoms with Gasteiger partial charge in [-0.25, -0.2) is 0 Å². The van der Waals surface area contributed by atoms with Gasteiger partial charge in [-0.2, -0.15) is 0 Å². The molecule has 0 atom stereocenters. The largest absolute Gasteiger partial charge is 0.361 e. The number of aromatic nitrogens is 1. The van der Waals surface area contributed by atoms with Crippen molar-refractivity contribution in [2.75, 3.05) is 13.3 Å². The van der Waals surface area contributed by atoms with Crippen LogP contribution in [0, 0.1) is 0 Å². The number of H-pyrrole nitrogens is 1. The molecular formula is C10H12NP. The fourth-order valence-corrected chi connectivity index (χ4v) is 2.47. The quantitative estimate of drug-likeness (QED) is 0.644. The summed E-state index contributed by atoms with van der Waals surface area (Å²) >= 11 is 0. The fourth-order valence-electron chi connectivity index (χ4n) is 1.44. The van der Waals surface area contributed by atoms with Crippen LogP contribution in [0.5, 0.6) is 0 Å². The van der Waals surface area contributed by atoms with Crippen LogP contribution in [-0.2, 0) is 0 Å². The van der Waals surface area contributed by atoms with Gasteiger partial charge in [0.2, 0.25) is 0 Å². The molecule has 2 rings (SSSR count). The predicted molar refractivity (Wildman–Crippen MR) is 56.7 cm³/mol. The summed E-state index contributed by atoms with van der Waals surface area (Å²) in [6.07, 6.45) is 2.01. The molecule has 0 amide bonds. The highest BCUT2D eigenvalue weighted by Crippen LogP contribution is 2.27. The van der Waals surface area contributed by atoms with E-state index in [1.807, 2.05) is 6.20 Å². The molecule has 1 aromatic carbocycles. The van der Waals surface area contributed by atoms with Gasteiger partial charge in [-0.05, 0) is 24.7 Å². The lowest BCUT2D eigenvalue weighted by Gasteiger charge is -2.06. The molecule has 0 bridgehead atoms. The number of fused-ring (bicyclic) bond motifs is 1. The summed E-state index contributed by atoms with van der Waals surface area (Å²) in [4.78, 5) is 3.29. The highest BCUT2D eigenvalue weighted by molar-refractivity contribution is 7.64. The third-order valence-electron chi connectivity index (χ3n) is 2.05. The molecule has 0 unspecified atom stereocenters. The number of hydrogen-bond acceptors (Lipinski definition) is 0. The standard InChI is InChI=1S/C10H12NP/c1-12(2)9-5-3-4-8-6-7-11-10(8)9/h3-7,11H,1-2H3. The van der Waals surface area contributed by atoms with Crippen molar-refractivity contribution < 1.29 is 0 Å². The van der Waals surface area contributed by atoms with Gasteiger partial charge in [0, 0.05) is 11.6 Å². The van der Waals surface area contributed by atoms with Crippen LogP contribution in [0.15, 0.2) is 30.5 Å². The minimum absolute atomic E-state index is 0.000900. The van der Waals surface area contributed by atoms with Crippen molar-refractivity contribution in [3.8, 4) is 0 Å². The van der Waals surface area contributed by atoms with Crippen LogP contribution in [-0.4, -0.2) is 18.3 Å². The first-order valence-corrected chi connectivity index (χ1v) is 6.26. The summed E-state index contributed by atoms with van der Waals surface area (Å²) in [5, 5.41) is 2.79. The molecule has 62 valence electrons. The van der Waals surface area contributed by atoms with Crippen LogP contribution in [0.3, 0.4) is 0 Å². The van der Waals surface area contributed by atoms with Crippen LogP contribution >= 0.6 is 7.92 Å². The lowest BCUT2D eigenvalue weighted by Crippen LogP contribution is -1.99. The summed E-state index contributed by atoms with van der Waals surface area (Å²) in [5.41, 5.74) is 1.31. The summed E-state index contributed by atoms with van der Waals surface area (Å²) in [6.45, 7) is 4.57. The number of benzene rings is 1. The smallest absolute Gasteiger partial charge is 0.0531 e. The van der Waals surface area contributed by atoms with Crippen molar-refractivity contribution >= 4 is 24.1 Å². The number of aromatic amines is 1. The van der Waals surface area contributed by atoms with Gasteiger partial charge in [-0.15, -0.1) is 0 Å². The van der Waals surface area contributed by atoms with E-state index in [4.69, 9.17) is 0 Å². The van der Waals surface area contributed by atoms with Crippen LogP contribution in [0.1, 0.15) is 0 Å². The molecule has 0 spiro atoms. The molecule has 1 N–H and O–H groups in total. The molecule has 0 aliphatic rings. The molecular weight excluding hydrogens is 165 g/mol. The van der Waals surface area contributed by atoms with Crippen molar-refractivity contribution in [1.82, 2.24) is 4.98 Å². The van der Waals surface area contributed by atoms with E-state index in [-0.39, 0.29) is 7.92 Å². The molecule has 1 nitrogen and oxygen atoms in total. The van der Waals surface area contributed by atoms with E-state index in [1.165, 1.54) is 16.2 Å². The third-order valence-corrected chi connectivity index (χ3v) is 3.38. The maximum absolute atomic E-state index is 3.29. The fraction of sp³-hybridized carbons (Fsp3) is 0.200. The molecule has 12 heavy (non-hydrogen) atoms. The van der Waals surface area contributed by atoms with Crippen molar-refractivity contribution in [3.63, 3.8) is 0 Å². The number of hydrogen-bond donors (Lipinski definition) is 1. The molecule has 1 aromatic heterocycles. The topological polar surface area (TPSA) is 15.8 Å². The summed E-state index contributed by atoms with van der Waals surface area (Å²) < 4.78 is 0. The van der Waals surface area contributed by atoms with Crippen molar-refractivity contribution in [2.45, 2.75) is 0 Å². The zero-order valence-corrected chi connectivity index (χ0v) is 8.23. The van der Waals surface area contributed by atoms with E-state index in [9.17, 15) is 0 Å². The number of para-hydroxylation sites is 1. The Morgan fingerprint density at radius 3 is 2.75 bits per heavy atom. The van der Waals surface area contributed by atoms with Crippen LogP contribution < -0.4 is 5.30 Å². The average Bonchev–Trinajstić information content (AvgIpc) is 2.49. The van der Waals surface area contributed by atoms with Gasteiger partial charge >= 0.3 is 0 Å². The number of nitrogens with one attached hydrogen (secondary N) is 1. The summed E-state index contributed by atoms with van der Waals surface area (Å²) in [5.74, 6) is 0. The Morgan fingerprint density at radius 1 is 1.17 bits per heavy atom. The van der Waals surface area contributed by atoms with E-state index < -0.39 is 0 Å². The maximum Gasteiger partial charge on any atom is 0.0531 e. The van der Waals surface area contributed by atoms with Gasteiger partial charge in [0.25, 0.3) is 0 Å². The van der Waals surface area contributed by atoms with Gasteiger partial charge in [0.1, 0.15) is 0 Å². The second-order valence-electron chi connectivity index (χ2n) is 3.11. The molecule has 0 radical (unpaired) electrons. The lowest BCUT2D eigenvalue weighted by molar-refractivity contribution is 1.49. The Kier molecular flexibility index (Phi) is 1.90. The summed E-state index contributed by atoms with van der Waals surface area (Å²) in [7, 11) is -0.000900. The highest BCUT2D eigenvalue weighted by Gasteiger charge is 2.03. The van der Waals surface area contributed by atoms with E-state index in [1.54, 1.807) is 0 Å². The number of rotatable bonds is 1. The first kappa shape index (κ1) is 7.82. The van der Waals surface area contributed by atoms with E-state index in [2.05, 4.69) is 42.6 Å². The van der Waals surface area contributed by atoms with Gasteiger partial charge in [0.15, 0.2) is 0 Å². The monoisotopic (exact) mass is 177 g/mol. The maximum atomic E-state index is 3.29. The zero-order chi connectivity index (χ0) is 8.55. The molecule has 0 saturated heterocycles. The van der Waals surface area contributed by atoms with Crippen LogP contribution in [0.4, 0.5) is 0 Å². The van der Waals surface area contributed by atoms with E-state index in [0.29, 0.717) is 0 Å². The highest BCUT2D eigenvalue weighted by atomic mass is 31.1. The third kappa shape index (κ3) is 1.15. The van der Waals surface area contributed by atoms with Crippen molar-refractivity contribution in [2.24, 2.45) is 0 Å². The predicted octanol–water partition coefficient (Wildman–Crippen LogP) is 2.53.